The molecule has 0 saturated carbocycles. The third kappa shape index (κ3) is 5.34. The summed E-state index contributed by atoms with van der Waals surface area (Å²) in [6.45, 7) is 5.81. The highest BCUT2D eigenvalue weighted by molar-refractivity contribution is 7.89. The van der Waals surface area contributed by atoms with Crippen LogP contribution in [0, 0.1) is 5.92 Å². The SMILES string of the molecule is CCS(=O)(=O)N1CCN(Cc2cccc(C(=O)N3CCC(C(N)=O)CC3)c2)CC1. The minimum absolute atomic E-state index is 0.0198. The number of rotatable bonds is 6. The number of primary amides is 1. The van der Waals surface area contributed by atoms with Gasteiger partial charge in [-0.25, -0.2) is 8.42 Å². The maximum Gasteiger partial charge on any atom is 0.253 e. The Morgan fingerprint density at radius 3 is 2.31 bits per heavy atom. The van der Waals surface area contributed by atoms with E-state index in [1.54, 1.807) is 16.1 Å². The molecule has 2 aliphatic rings. The van der Waals surface area contributed by atoms with Crippen LogP contribution >= 0.6 is 0 Å². The molecule has 160 valence electrons. The summed E-state index contributed by atoms with van der Waals surface area (Å²) < 4.78 is 25.5. The van der Waals surface area contributed by atoms with Crippen LogP contribution in [0.4, 0.5) is 0 Å². The minimum Gasteiger partial charge on any atom is -0.369 e. The Morgan fingerprint density at radius 2 is 1.72 bits per heavy atom. The number of nitrogens with zero attached hydrogens (tertiary/aromatic N) is 3. The summed E-state index contributed by atoms with van der Waals surface area (Å²) in [5, 5.41) is 0. The normalized spacial score (nSPS) is 20.0. The molecule has 2 aliphatic heterocycles. The maximum absolute atomic E-state index is 12.8. The maximum atomic E-state index is 12.8. The first-order valence-electron chi connectivity index (χ1n) is 10.2. The van der Waals surface area contributed by atoms with Gasteiger partial charge >= 0.3 is 0 Å². The highest BCUT2D eigenvalue weighted by Crippen LogP contribution is 2.20. The van der Waals surface area contributed by atoms with Crippen LogP contribution in [0.1, 0.15) is 35.7 Å². The molecule has 0 spiro atoms. The molecular weight excluding hydrogens is 392 g/mol. The van der Waals surface area contributed by atoms with E-state index in [1.165, 1.54) is 0 Å². The number of hydrogen-bond donors (Lipinski definition) is 1. The number of carbonyl (C=O) groups is 2. The molecule has 1 aromatic rings. The van der Waals surface area contributed by atoms with Crippen LogP contribution in [0.15, 0.2) is 24.3 Å². The molecule has 0 aliphatic carbocycles. The fourth-order valence-corrected chi connectivity index (χ4v) is 5.04. The molecule has 0 unspecified atom stereocenters. The molecule has 2 heterocycles. The minimum atomic E-state index is -3.13. The summed E-state index contributed by atoms with van der Waals surface area (Å²) in [5.74, 6) is -0.312. The van der Waals surface area contributed by atoms with Gasteiger partial charge in [-0.15, -0.1) is 0 Å². The molecule has 0 atom stereocenters. The van der Waals surface area contributed by atoms with E-state index < -0.39 is 10.0 Å². The second-order valence-corrected chi connectivity index (χ2v) is 10.0. The predicted molar refractivity (Wildman–Crippen MR) is 111 cm³/mol. The first-order chi connectivity index (χ1) is 13.8. The Labute approximate surface area is 172 Å². The zero-order chi connectivity index (χ0) is 21.0. The molecule has 0 aromatic heterocycles. The standard InChI is InChI=1S/C20H30N4O4S/c1-2-29(27,28)24-12-10-22(11-13-24)15-16-4-3-5-18(14-16)20(26)23-8-6-17(7-9-23)19(21)25/h3-5,14,17H,2,6-13,15H2,1H3,(H2,21,25). The summed E-state index contributed by atoms with van der Waals surface area (Å²) in [6.07, 6.45) is 1.23. The van der Waals surface area contributed by atoms with Crippen LogP contribution in [0.5, 0.6) is 0 Å². The van der Waals surface area contributed by atoms with E-state index >= 15 is 0 Å². The molecule has 29 heavy (non-hydrogen) atoms. The van der Waals surface area contributed by atoms with Crippen molar-refractivity contribution in [1.82, 2.24) is 14.1 Å². The number of piperidine rings is 1. The van der Waals surface area contributed by atoms with Gasteiger partial charge < -0.3 is 10.6 Å². The van der Waals surface area contributed by atoms with Crippen molar-refractivity contribution in [3.8, 4) is 0 Å². The van der Waals surface area contributed by atoms with Crippen LogP contribution in [0.25, 0.3) is 0 Å². The number of nitrogens with two attached hydrogens (primary N) is 1. The lowest BCUT2D eigenvalue weighted by atomic mass is 9.95. The Balaban J connectivity index is 1.56. The molecule has 2 fully saturated rings. The monoisotopic (exact) mass is 422 g/mol. The summed E-state index contributed by atoms with van der Waals surface area (Å²) in [6, 6.07) is 7.61. The summed E-state index contributed by atoms with van der Waals surface area (Å²) in [4.78, 5) is 28.1. The third-order valence-electron chi connectivity index (χ3n) is 5.85. The third-order valence-corrected chi connectivity index (χ3v) is 7.74. The number of piperazine rings is 1. The number of benzene rings is 1. The zero-order valence-electron chi connectivity index (χ0n) is 16.9. The molecule has 2 saturated heterocycles. The second-order valence-electron chi connectivity index (χ2n) is 7.74. The molecule has 2 N–H and O–H groups in total. The predicted octanol–water partition coefficient (Wildman–Crippen LogP) is 0.491. The number of carbonyl (C=O) groups excluding carboxylic acids is 2. The zero-order valence-corrected chi connectivity index (χ0v) is 17.7. The fraction of sp³-hybridized carbons (Fsp3) is 0.600. The van der Waals surface area contributed by atoms with E-state index in [-0.39, 0.29) is 23.5 Å². The van der Waals surface area contributed by atoms with Crippen molar-refractivity contribution in [2.45, 2.75) is 26.3 Å². The first kappa shape index (κ1) is 21.7. The lowest BCUT2D eigenvalue weighted by Gasteiger charge is -2.34. The van der Waals surface area contributed by atoms with Crippen molar-refractivity contribution in [3.05, 3.63) is 35.4 Å². The molecule has 3 rings (SSSR count). The highest BCUT2D eigenvalue weighted by atomic mass is 32.2. The van der Waals surface area contributed by atoms with E-state index in [4.69, 9.17) is 5.73 Å². The van der Waals surface area contributed by atoms with E-state index in [9.17, 15) is 18.0 Å². The van der Waals surface area contributed by atoms with Gasteiger partial charge in [0, 0.05) is 57.3 Å². The smallest absolute Gasteiger partial charge is 0.253 e. The topological polar surface area (TPSA) is 104 Å². The Morgan fingerprint density at radius 1 is 1.07 bits per heavy atom. The van der Waals surface area contributed by atoms with Gasteiger partial charge in [0.25, 0.3) is 5.91 Å². The molecule has 1 aromatic carbocycles. The van der Waals surface area contributed by atoms with Gasteiger partial charge in [-0.1, -0.05) is 12.1 Å². The molecule has 9 heteroatoms. The van der Waals surface area contributed by atoms with Gasteiger partial charge in [-0.3, -0.25) is 14.5 Å². The van der Waals surface area contributed by atoms with Gasteiger partial charge in [-0.05, 0) is 37.5 Å². The molecule has 8 nitrogen and oxygen atoms in total. The van der Waals surface area contributed by atoms with Crippen LogP contribution < -0.4 is 5.73 Å². The second kappa shape index (κ2) is 9.23. The Bertz CT molecular complexity index is 842. The van der Waals surface area contributed by atoms with Crippen molar-refractivity contribution < 1.29 is 18.0 Å². The number of hydrogen-bond acceptors (Lipinski definition) is 5. The summed E-state index contributed by atoms with van der Waals surface area (Å²) in [7, 11) is -3.13. The number of amides is 2. The molecule has 0 radical (unpaired) electrons. The lowest BCUT2D eigenvalue weighted by molar-refractivity contribution is -0.123. The van der Waals surface area contributed by atoms with Crippen LogP contribution in [-0.4, -0.2) is 79.4 Å². The van der Waals surface area contributed by atoms with E-state index in [1.807, 2.05) is 24.3 Å². The van der Waals surface area contributed by atoms with E-state index in [0.717, 1.165) is 5.56 Å². The molecule has 2 amide bonds. The number of sulfonamides is 1. The van der Waals surface area contributed by atoms with Crippen LogP contribution in [-0.2, 0) is 21.4 Å². The Hall–Kier alpha value is -1.97. The van der Waals surface area contributed by atoms with Crippen molar-refractivity contribution in [1.29, 1.82) is 0 Å². The van der Waals surface area contributed by atoms with Crippen LogP contribution in [0.3, 0.4) is 0 Å². The van der Waals surface area contributed by atoms with Crippen molar-refractivity contribution in [3.63, 3.8) is 0 Å². The summed E-state index contributed by atoms with van der Waals surface area (Å²) >= 11 is 0. The van der Waals surface area contributed by atoms with Crippen molar-refractivity contribution in [2.75, 3.05) is 45.0 Å². The van der Waals surface area contributed by atoms with Gasteiger partial charge in [0.05, 0.1) is 5.75 Å². The first-order valence-corrected chi connectivity index (χ1v) is 11.8. The van der Waals surface area contributed by atoms with Gasteiger partial charge in [0.1, 0.15) is 0 Å². The van der Waals surface area contributed by atoms with Gasteiger partial charge in [0.15, 0.2) is 0 Å². The van der Waals surface area contributed by atoms with Crippen LogP contribution in [0.2, 0.25) is 0 Å². The van der Waals surface area contributed by atoms with Crippen molar-refractivity contribution in [2.24, 2.45) is 11.7 Å². The average molecular weight is 423 g/mol. The average Bonchev–Trinajstić information content (AvgIpc) is 2.74. The quantitative estimate of drug-likeness (QED) is 0.719. The number of likely N-dealkylation sites (tertiary alicyclic amines) is 1. The van der Waals surface area contributed by atoms with Gasteiger partial charge in [0.2, 0.25) is 15.9 Å². The van der Waals surface area contributed by atoms with Gasteiger partial charge in [-0.2, -0.15) is 4.31 Å². The molecule has 0 bridgehead atoms. The van der Waals surface area contributed by atoms with Crippen molar-refractivity contribution >= 4 is 21.8 Å². The lowest BCUT2D eigenvalue weighted by Crippen LogP contribution is -2.48. The molecular formula is C20H30N4O4S. The van der Waals surface area contributed by atoms with E-state index in [2.05, 4.69) is 4.90 Å². The summed E-state index contributed by atoms with van der Waals surface area (Å²) in [5.41, 5.74) is 7.05. The Kier molecular flexibility index (Phi) is 6.92. The highest BCUT2D eigenvalue weighted by Gasteiger charge is 2.27. The largest absolute Gasteiger partial charge is 0.369 e. The van der Waals surface area contributed by atoms with E-state index in [0.29, 0.717) is 64.2 Å². The fourth-order valence-electron chi connectivity index (χ4n) is 3.96.